The predicted octanol–water partition coefficient (Wildman–Crippen LogP) is 4.63. The van der Waals surface area contributed by atoms with Crippen LogP contribution in [-0.4, -0.2) is 20.7 Å². The van der Waals surface area contributed by atoms with Crippen LogP contribution in [0.1, 0.15) is 16.2 Å². The van der Waals surface area contributed by atoms with Gasteiger partial charge in [-0.3, -0.25) is 4.79 Å². The summed E-state index contributed by atoms with van der Waals surface area (Å²) in [6.45, 7) is 2.00. The van der Waals surface area contributed by atoms with Gasteiger partial charge in [-0.15, -0.1) is 5.10 Å². The number of nitrogens with zero attached hydrogens (tertiary/aromatic N) is 3. The predicted molar refractivity (Wildman–Crippen MR) is 106 cm³/mol. The Morgan fingerprint density at radius 3 is 2.43 bits per heavy atom. The van der Waals surface area contributed by atoms with Crippen molar-refractivity contribution in [2.75, 3.05) is 5.32 Å². The van der Waals surface area contributed by atoms with Crippen molar-refractivity contribution in [3.63, 3.8) is 0 Å². The van der Waals surface area contributed by atoms with Crippen molar-refractivity contribution in [3.8, 4) is 17.1 Å². The van der Waals surface area contributed by atoms with Crippen LogP contribution in [-0.2, 0) is 0 Å². The zero-order valence-electron chi connectivity index (χ0n) is 15.1. The zero-order valence-corrected chi connectivity index (χ0v) is 15.1. The smallest absolute Gasteiger partial charge is 0.295 e. The zero-order chi connectivity index (χ0) is 19.5. The minimum atomic E-state index is -0.506. The second-order valence-corrected chi connectivity index (χ2v) is 6.34. The maximum atomic E-state index is 13.4. The van der Waals surface area contributed by atoms with Gasteiger partial charge in [-0.2, -0.15) is 0 Å². The Morgan fingerprint density at radius 1 is 0.964 bits per heavy atom. The topological polar surface area (TPSA) is 59.8 Å². The van der Waals surface area contributed by atoms with E-state index in [1.807, 2.05) is 61.5 Å². The summed E-state index contributed by atoms with van der Waals surface area (Å²) in [5, 5.41) is 7.03. The molecule has 0 fully saturated rings. The molecule has 0 spiro atoms. The number of anilines is 1. The SMILES string of the molecule is Cc1ccc(-c2nc(C(=O)Nc3cccc(F)c3)nn2-c2ccccc2)cc1. The van der Waals surface area contributed by atoms with Gasteiger partial charge in [-0.1, -0.05) is 54.1 Å². The summed E-state index contributed by atoms with van der Waals surface area (Å²) >= 11 is 0. The van der Waals surface area contributed by atoms with Crippen LogP contribution in [0, 0.1) is 12.7 Å². The Balaban J connectivity index is 1.74. The average molecular weight is 372 g/mol. The number of halogens is 1. The molecule has 1 N–H and O–H groups in total. The number of amides is 1. The number of aryl methyl sites for hydroxylation is 1. The van der Waals surface area contributed by atoms with Crippen LogP contribution < -0.4 is 5.32 Å². The fourth-order valence-corrected chi connectivity index (χ4v) is 2.80. The van der Waals surface area contributed by atoms with Gasteiger partial charge in [-0.05, 0) is 37.3 Å². The van der Waals surface area contributed by atoms with E-state index >= 15 is 0 Å². The minimum absolute atomic E-state index is 0.00342. The number of carbonyl (C=O) groups is 1. The second kappa shape index (κ2) is 7.44. The second-order valence-electron chi connectivity index (χ2n) is 6.34. The first kappa shape index (κ1) is 17.6. The fourth-order valence-electron chi connectivity index (χ4n) is 2.80. The third kappa shape index (κ3) is 3.66. The first-order valence-corrected chi connectivity index (χ1v) is 8.76. The maximum Gasteiger partial charge on any atom is 0.295 e. The summed E-state index contributed by atoms with van der Waals surface area (Å²) in [6, 6.07) is 23.0. The molecule has 1 heterocycles. The summed E-state index contributed by atoms with van der Waals surface area (Å²) in [5.74, 6) is -0.381. The molecule has 0 unspecified atom stereocenters. The number of rotatable bonds is 4. The third-order valence-corrected chi connectivity index (χ3v) is 4.20. The van der Waals surface area contributed by atoms with Gasteiger partial charge in [0.15, 0.2) is 5.82 Å². The minimum Gasteiger partial charge on any atom is -0.319 e. The highest BCUT2D eigenvalue weighted by Gasteiger charge is 2.19. The molecule has 0 aliphatic heterocycles. The van der Waals surface area contributed by atoms with Gasteiger partial charge in [-0.25, -0.2) is 14.1 Å². The van der Waals surface area contributed by atoms with E-state index in [4.69, 9.17) is 0 Å². The van der Waals surface area contributed by atoms with Crippen LogP contribution in [0.3, 0.4) is 0 Å². The van der Waals surface area contributed by atoms with E-state index in [2.05, 4.69) is 15.4 Å². The van der Waals surface area contributed by atoms with E-state index in [1.165, 1.54) is 18.2 Å². The quantitative estimate of drug-likeness (QED) is 0.568. The third-order valence-electron chi connectivity index (χ3n) is 4.20. The standard InChI is InChI=1S/C22H17FN4O/c1-15-10-12-16(13-11-15)21-25-20(26-27(21)19-8-3-2-4-9-19)22(28)24-18-7-5-6-17(23)14-18/h2-14H,1H3,(H,24,28). The number of benzene rings is 3. The highest BCUT2D eigenvalue weighted by molar-refractivity contribution is 6.01. The molecule has 0 aliphatic carbocycles. The van der Waals surface area contributed by atoms with Gasteiger partial charge < -0.3 is 5.32 Å². The van der Waals surface area contributed by atoms with Crippen molar-refractivity contribution in [2.24, 2.45) is 0 Å². The van der Waals surface area contributed by atoms with Gasteiger partial charge in [0.1, 0.15) is 5.82 Å². The summed E-state index contributed by atoms with van der Waals surface area (Å²) in [4.78, 5) is 17.1. The van der Waals surface area contributed by atoms with Gasteiger partial charge in [0.2, 0.25) is 5.82 Å². The van der Waals surface area contributed by atoms with E-state index in [-0.39, 0.29) is 5.82 Å². The van der Waals surface area contributed by atoms with Crippen LogP contribution in [0.25, 0.3) is 17.1 Å². The summed E-state index contributed by atoms with van der Waals surface area (Å²) < 4.78 is 15.0. The molecule has 0 saturated carbocycles. The van der Waals surface area contributed by atoms with E-state index in [0.29, 0.717) is 11.5 Å². The maximum absolute atomic E-state index is 13.4. The normalized spacial score (nSPS) is 10.6. The highest BCUT2D eigenvalue weighted by atomic mass is 19.1. The van der Waals surface area contributed by atoms with Crippen LogP contribution in [0.4, 0.5) is 10.1 Å². The molecule has 138 valence electrons. The van der Waals surface area contributed by atoms with Crippen molar-refractivity contribution < 1.29 is 9.18 Å². The lowest BCUT2D eigenvalue weighted by Crippen LogP contribution is -2.14. The van der Waals surface area contributed by atoms with Crippen LogP contribution in [0.15, 0.2) is 78.9 Å². The summed E-state index contributed by atoms with van der Waals surface area (Å²) in [5.41, 5.74) is 3.10. The molecule has 0 saturated heterocycles. The Hall–Kier alpha value is -3.80. The van der Waals surface area contributed by atoms with Crippen molar-refractivity contribution in [1.29, 1.82) is 0 Å². The summed E-state index contributed by atoms with van der Waals surface area (Å²) in [6.07, 6.45) is 0. The van der Waals surface area contributed by atoms with Crippen LogP contribution in [0.2, 0.25) is 0 Å². The number of hydrogen-bond acceptors (Lipinski definition) is 3. The van der Waals surface area contributed by atoms with E-state index in [1.54, 1.807) is 10.7 Å². The number of para-hydroxylation sites is 1. The van der Waals surface area contributed by atoms with E-state index < -0.39 is 11.7 Å². The molecule has 0 radical (unpaired) electrons. The van der Waals surface area contributed by atoms with Gasteiger partial charge >= 0.3 is 0 Å². The Labute approximate surface area is 161 Å². The van der Waals surface area contributed by atoms with Crippen molar-refractivity contribution >= 4 is 11.6 Å². The van der Waals surface area contributed by atoms with E-state index in [0.717, 1.165) is 16.8 Å². The lowest BCUT2D eigenvalue weighted by Gasteiger charge is -2.05. The Morgan fingerprint density at radius 2 is 1.71 bits per heavy atom. The fraction of sp³-hybridized carbons (Fsp3) is 0.0455. The molecule has 0 aliphatic rings. The van der Waals surface area contributed by atoms with Crippen molar-refractivity contribution in [2.45, 2.75) is 6.92 Å². The summed E-state index contributed by atoms with van der Waals surface area (Å²) in [7, 11) is 0. The van der Waals surface area contributed by atoms with Gasteiger partial charge in [0.25, 0.3) is 5.91 Å². The van der Waals surface area contributed by atoms with E-state index in [9.17, 15) is 9.18 Å². The molecule has 0 bridgehead atoms. The molecule has 4 aromatic rings. The molecular weight excluding hydrogens is 355 g/mol. The van der Waals surface area contributed by atoms with Crippen molar-refractivity contribution in [3.05, 3.63) is 96.1 Å². The molecule has 3 aromatic carbocycles. The first-order chi connectivity index (χ1) is 13.6. The molecule has 5 nitrogen and oxygen atoms in total. The lowest BCUT2D eigenvalue weighted by molar-refractivity contribution is 0.101. The largest absolute Gasteiger partial charge is 0.319 e. The molecule has 1 amide bonds. The number of nitrogens with one attached hydrogen (secondary N) is 1. The lowest BCUT2D eigenvalue weighted by atomic mass is 10.1. The number of aromatic nitrogens is 3. The molecule has 6 heteroatoms. The molecular formula is C22H17FN4O. The van der Waals surface area contributed by atoms with Gasteiger partial charge in [0.05, 0.1) is 5.69 Å². The number of hydrogen-bond donors (Lipinski definition) is 1. The number of carbonyl (C=O) groups excluding carboxylic acids is 1. The van der Waals surface area contributed by atoms with Crippen LogP contribution in [0.5, 0.6) is 0 Å². The Bertz CT molecular complexity index is 1120. The molecule has 0 atom stereocenters. The van der Waals surface area contributed by atoms with Crippen LogP contribution >= 0.6 is 0 Å². The van der Waals surface area contributed by atoms with Crippen molar-refractivity contribution in [1.82, 2.24) is 14.8 Å². The Kier molecular flexibility index (Phi) is 4.68. The molecule has 28 heavy (non-hydrogen) atoms. The molecule has 4 rings (SSSR count). The molecule has 1 aromatic heterocycles. The average Bonchev–Trinajstić information content (AvgIpc) is 3.15. The monoisotopic (exact) mass is 372 g/mol. The highest BCUT2D eigenvalue weighted by Crippen LogP contribution is 2.22. The first-order valence-electron chi connectivity index (χ1n) is 8.76. The van der Waals surface area contributed by atoms with Gasteiger partial charge in [0, 0.05) is 11.3 Å².